The normalized spacial score (nSPS) is 10.0. The topological polar surface area (TPSA) is 107 Å². The quantitative estimate of drug-likeness (QED) is 0.553. The first-order valence-electron chi connectivity index (χ1n) is 5.84. The summed E-state index contributed by atoms with van der Waals surface area (Å²) in [5.41, 5.74) is 4.20. The van der Waals surface area contributed by atoms with E-state index in [9.17, 15) is 0 Å². The molecule has 0 aliphatic rings. The maximum atomic E-state index is 5.30. The van der Waals surface area contributed by atoms with E-state index < -0.39 is 0 Å². The summed E-state index contributed by atoms with van der Waals surface area (Å²) in [5, 5.41) is 3.08. The number of nitrogen functional groups attached to an aromatic ring is 1. The first-order valence-corrected chi connectivity index (χ1v) is 5.84. The predicted molar refractivity (Wildman–Crippen MR) is 75.2 cm³/mol. The Balaban J connectivity index is 2.29. The fourth-order valence-corrected chi connectivity index (χ4v) is 1.59. The lowest BCUT2D eigenvalue weighted by Crippen LogP contribution is -2.13. The largest absolute Gasteiger partial charge is 0.497 e. The standard InChI is InChI=1S/C12H16N6O2/c1-7-6-8(19-2)4-5-9(7)14-10-15-11(18-13)17-12(16-10)20-3/h4-6H,13H2,1-3H3,(H2,14,15,16,17,18). The highest BCUT2D eigenvalue weighted by Gasteiger charge is 2.08. The van der Waals surface area contributed by atoms with Crippen LogP contribution in [0.15, 0.2) is 18.2 Å². The van der Waals surface area contributed by atoms with Gasteiger partial charge in [-0.05, 0) is 30.7 Å². The third-order valence-corrected chi connectivity index (χ3v) is 2.61. The van der Waals surface area contributed by atoms with E-state index in [0.29, 0.717) is 5.95 Å². The maximum Gasteiger partial charge on any atom is 0.322 e. The van der Waals surface area contributed by atoms with Crippen molar-refractivity contribution in [3.8, 4) is 11.8 Å². The summed E-state index contributed by atoms with van der Waals surface area (Å²) >= 11 is 0. The highest BCUT2D eigenvalue weighted by atomic mass is 16.5. The molecular formula is C12H16N6O2. The highest BCUT2D eigenvalue weighted by molar-refractivity contribution is 5.60. The molecule has 2 aromatic rings. The Morgan fingerprint density at radius 1 is 1.05 bits per heavy atom. The van der Waals surface area contributed by atoms with Crippen LogP contribution < -0.4 is 26.1 Å². The minimum atomic E-state index is 0.168. The molecule has 0 fully saturated rings. The van der Waals surface area contributed by atoms with Gasteiger partial charge in [0.1, 0.15) is 5.75 Å². The highest BCUT2D eigenvalue weighted by Crippen LogP contribution is 2.24. The van der Waals surface area contributed by atoms with Crippen molar-refractivity contribution >= 4 is 17.6 Å². The second kappa shape index (κ2) is 6.02. The molecule has 20 heavy (non-hydrogen) atoms. The number of benzene rings is 1. The average molecular weight is 276 g/mol. The summed E-state index contributed by atoms with van der Waals surface area (Å²) in [6.07, 6.45) is 0. The zero-order valence-electron chi connectivity index (χ0n) is 11.5. The minimum absolute atomic E-state index is 0.168. The number of rotatable bonds is 5. The molecule has 0 saturated heterocycles. The van der Waals surface area contributed by atoms with Crippen LogP contribution in [-0.4, -0.2) is 29.2 Å². The molecule has 0 aliphatic heterocycles. The molecule has 0 radical (unpaired) electrons. The summed E-state index contributed by atoms with van der Waals surface area (Å²) in [6.45, 7) is 1.95. The smallest absolute Gasteiger partial charge is 0.322 e. The molecule has 1 aromatic heterocycles. The minimum Gasteiger partial charge on any atom is -0.497 e. The van der Waals surface area contributed by atoms with Crippen molar-refractivity contribution in [2.24, 2.45) is 5.84 Å². The van der Waals surface area contributed by atoms with Crippen LogP contribution in [-0.2, 0) is 0 Å². The van der Waals surface area contributed by atoms with Gasteiger partial charge in [0.25, 0.3) is 0 Å². The number of aryl methyl sites for hydroxylation is 1. The van der Waals surface area contributed by atoms with Crippen LogP contribution in [0, 0.1) is 6.92 Å². The number of aromatic nitrogens is 3. The third kappa shape index (κ3) is 3.04. The van der Waals surface area contributed by atoms with E-state index in [-0.39, 0.29) is 12.0 Å². The molecule has 0 spiro atoms. The molecule has 2 rings (SSSR count). The lowest BCUT2D eigenvalue weighted by Gasteiger charge is -2.11. The Bertz CT molecular complexity index is 582. The van der Waals surface area contributed by atoms with E-state index in [0.717, 1.165) is 17.0 Å². The van der Waals surface area contributed by atoms with Crippen molar-refractivity contribution < 1.29 is 9.47 Å². The van der Waals surface area contributed by atoms with Crippen molar-refractivity contribution in [1.82, 2.24) is 15.0 Å². The van der Waals surface area contributed by atoms with Gasteiger partial charge in [-0.25, -0.2) is 5.84 Å². The van der Waals surface area contributed by atoms with Gasteiger partial charge in [0.2, 0.25) is 11.9 Å². The molecule has 8 nitrogen and oxygen atoms in total. The molecule has 4 N–H and O–H groups in total. The molecule has 0 bridgehead atoms. The van der Waals surface area contributed by atoms with Gasteiger partial charge in [-0.1, -0.05) is 0 Å². The molecule has 106 valence electrons. The van der Waals surface area contributed by atoms with Crippen LogP contribution in [0.4, 0.5) is 17.6 Å². The van der Waals surface area contributed by atoms with Gasteiger partial charge < -0.3 is 14.8 Å². The summed E-state index contributed by atoms with van der Waals surface area (Å²) < 4.78 is 10.1. The van der Waals surface area contributed by atoms with E-state index in [1.54, 1.807) is 7.11 Å². The fourth-order valence-electron chi connectivity index (χ4n) is 1.59. The Hall–Kier alpha value is -2.61. The van der Waals surface area contributed by atoms with Gasteiger partial charge >= 0.3 is 6.01 Å². The summed E-state index contributed by atoms with van der Waals surface area (Å²) in [4.78, 5) is 12.1. The third-order valence-electron chi connectivity index (χ3n) is 2.61. The molecule has 0 amide bonds. The molecular weight excluding hydrogens is 260 g/mol. The molecule has 1 heterocycles. The number of ether oxygens (including phenoxy) is 2. The average Bonchev–Trinajstić information content (AvgIpc) is 2.48. The zero-order valence-corrected chi connectivity index (χ0v) is 11.5. The van der Waals surface area contributed by atoms with E-state index in [2.05, 4.69) is 25.7 Å². The lowest BCUT2D eigenvalue weighted by atomic mass is 10.2. The Labute approximate surface area is 116 Å². The number of hydrazine groups is 1. The first-order chi connectivity index (χ1) is 9.66. The van der Waals surface area contributed by atoms with Crippen LogP contribution in [0.25, 0.3) is 0 Å². The number of hydrogen-bond donors (Lipinski definition) is 3. The maximum absolute atomic E-state index is 5.30. The first kappa shape index (κ1) is 13.8. The number of methoxy groups -OCH3 is 2. The van der Waals surface area contributed by atoms with E-state index in [4.69, 9.17) is 15.3 Å². The van der Waals surface area contributed by atoms with Crippen LogP contribution in [0.1, 0.15) is 5.56 Å². The number of nitrogens with one attached hydrogen (secondary N) is 2. The van der Waals surface area contributed by atoms with Gasteiger partial charge in [-0.3, -0.25) is 5.43 Å². The van der Waals surface area contributed by atoms with E-state index in [1.807, 2.05) is 25.1 Å². The van der Waals surface area contributed by atoms with Gasteiger partial charge in [0.15, 0.2) is 0 Å². The summed E-state index contributed by atoms with van der Waals surface area (Å²) in [5.74, 6) is 6.63. The van der Waals surface area contributed by atoms with Crippen molar-refractivity contribution in [2.45, 2.75) is 6.92 Å². The van der Waals surface area contributed by atoms with Crippen molar-refractivity contribution in [3.63, 3.8) is 0 Å². The predicted octanol–water partition coefficient (Wildman–Crippen LogP) is 1.23. The number of hydrogen-bond acceptors (Lipinski definition) is 8. The van der Waals surface area contributed by atoms with Crippen molar-refractivity contribution in [1.29, 1.82) is 0 Å². The van der Waals surface area contributed by atoms with Gasteiger partial charge in [0, 0.05) is 5.69 Å². The second-order valence-electron chi connectivity index (χ2n) is 3.92. The number of nitrogens with zero attached hydrogens (tertiary/aromatic N) is 3. The van der Waals surface area contributed by atoms with Crippen LogP contribution >= 0.6 is 0 Å². The van der Waals surface area contributed by atoms with Crippen molar-refractivity contribution in [2.75, 3.05) is 25.0 Å². The van der Waals surface area contributed by atoms with Gasteiger partial charge in [0.05, 0.1) is 14.2 Å². The summed E-state index contributed by atoms with van der Waals surface area (Å²) in [7, 11) is 3.09. The molecule has 0 aliphatic carbocycles. The second-order valence-corrected chi connectivity index (χ2v) is 3.92. The lowest BCUT2D eigenvalue weighted by molar-refractivity contribution is 0.379. The van der Waals surface area contributed by atoms with Crippen LogP contribution in [0.3, 0.4) is 0 Å². The molecule has 0 saturated carbocycles. The molecule has 1 aromatic carbocycles. The number of nitrogens with two attached hydrogens (primary N) is 1. The van der Waals surface area contributed by atoms with Crippen molar-refractivity contribution in [3.05, 3.63) is 23.8 Å². The van der Waals surface area contributed by atoms with Gasteiger partial charge in [-0.15, -0.1) is 0 Å². The summed E-state index contributed by atoms with van der Waals surface area (Å²) in [6, 6.07) is 5.79. The van der Waals surface area contributed by atoms with E-state index in [1.165, 1.54) is 7.11 Å². The Morgan fingerprint density at radius 2 is 1.80 bits per heavy atom. The Morgan fingerprint density at radius 3 is 2.40 bits per heavy atom. The fraction of sp³-hybridized carbons (Fsp3) is 0.250. The van der Waals surface area contributed by atoms with Crippen LogP contribution in [0.5, 0.6) is 11.8 Å². The zero-order chi connectivity index (χ0) is 14.5. The Kier molecular flexibility index (Phi) is 4.16. The van der Waals surface area contributed by atoms with E-state index >= 15 is 0 Å². The molecule has 0 unspecified atom stereocenters. The SMILES string of the molecule is COc1ccc(Nc2nc(NN)nc(OC)n2)c(C)c1. The monoisotopic (exact) mass is 276 g/mol. The van der Waals surface area contributed by atoms with Crippen LogP contribution in [0.2, 0.25) is 0 Å². The number of anilines is 3. The molecule has 0 atom stereocenters. The molecule has 8 heteroatoms. The van der Waals surface area contributed by atoms with Gasteiger partial charge in [-0.2, -0.15) is 15.0 Å².